The first-order chi connectivity index (χ1) is 14.1. The van der Waals surface area contributed by atoms with E-state index in [0.717, 1.165) is 18.4 Å². The van der Waals surface area contributed by atoms with Crippen LogP contribution in [-0.2, 0) is 16.0 Å². The number of H-pyrrole nitrogens is 1. The molecule has 30 heavy (non-hydrogen) atoms. The molecule has 0 bridgehead atoms. The first-order valence-electron chi connectivity index (χ1n) is 8.84. The summed E-state index contributed by atoms with van der Waals surface area (Å²) < 4.78 is 62.3. The van der Waals surface area contributed by atoms with E-state index in [4.69, 9.17) is 0 Å². The molecule has 0 unspecified atom stereocenters. The molecule has 9 heteroatoms. The van der Waals surface area contributed by atoms with Gasteiger partial charge in [-0.2, -0.15) is 13.2 Å². The Labute approximate surface area is 170 Å². The van der Waals surface area contributed by atoms with Crippen LogP contribution in [0.25, 0.3) is 22.2 Å². The van der Waals surface area contributed by atoms with Crippen LogP contribution in [0.3, 0.4) is 0 Å². The molecule has 5 nitrogen and oxygen atoms in total. The van der Waals surface area contributed by atoms with Crippen molar-refractivity contribution >= 4 is 32.2 Å². The molecule has 2 aromatic heterocycles. The Morgan fingerprint density at radius 1 is 1.00 bits per heavy atom. The Bertz CT molecular complexity index is 1330. The second-order valence-electron chi connectivity index (χ2n) is 6.80. The first kappa shape index (κ1) is 20.0. The molecule has 2 aromatic carbocycles. The number of anilines is 2. The lowest BCUT2D eigenvalue weighted by molar-refractivity contribution is -0.137. The van der Waals surface area contributed by atoms with Gasteiger partial charge in [-0.3, -0.25) is 0 Å². The van der Waals surface area contributed by atoms with Crippen molar-refractivity contribution in [3.05, 3.63) is 72.4 Å². The van der Waals surface area contributed by atoms with Crippen molar-refractivity contribution in [2.75, 3.05) is 11.6 Å². The summed E-state index contributed by atoms with van der Waals surface area (Å²) in [7, 11) is -3.30. The normalized spacial score (nSPS) is 12.3. The second-order valence-corrected chi connectivity index (χ2v) is 8.82. The summed E-state index contributed by atoms with van der Waals surface area (Å²) in [6.45, 7) is 0. The second kappa shape index (κ2) is 7.17. The van der Waals surface area contributed by atoms with E-state index in [-0.39, 0.29) is 4.90 Å². The van der Waals surface area contributed by atoms with Crippen LogP contribution in [0.5, 0.6) is 0 Å². The molecule has 0 radical (unpaired) electrons. The molecule has 4 rings (SSSR count). The number of aromatic nitrogens is 2. The van der Waals surface area contributed by atoms with Crippen LogP contribution >= 0.6 is 0 Å². The lowest BCUT2D eigenvalue weighted by Gasteiger charge is -2.07. The van der Waals surface area contributed by atoms with Gasteiger partial charge < -0.3 is 10.3 Å². The summed E-state index contributed by atoms with van der Waals surface area (Å²) in [5.74, 6) is 0.495. The van der Waals surface area contributed by atoms with E-state index in [1.165, 1.54) is 18.2 Å². The Balaban J connectivity index is 1.70. The predicted octanol–water partition coefficient (Wildman–Crippen LogP) is 5.40. The van der Waals surface area contributed by atoms with E-state index in [2.05, 4.69) is 15.3 Å². The highest BCUT2D eigenvalue weighted by molar-refractivity contribution is 7.90. The zero-order valence-corrected chi connectivity index (χ0v) is 16.5. The minimum atomic E-state index is -4.42. The number of alkyl halides is 3. The lowest BCUT2D eigenvalue weighted by Crippen LogP contribution is -2.04. The first-order valence-corrected chi connectivity index (χ1v) is 10.7. The van der Waals surface area contributed by atoms with E-state index < -0.39 is 21.6 Å². The van der Waals surface area contributed by atoms with Gasteiger partial charge in [-0.25, -0.2) is 13.4 Å². The zero-order valence-electron chi connectivity index (χ0n) is 15.7. The van der Waals surface area contributed by atoms with E-state index in [9.17, 15) is 21.6 Å². The Hall–Kier alpha value is -3.33. The molecule has 0 fully saturated rings. The maximum atomic E-state index is 13.0. The smallest absolute Gasteiger partial charge is 0.354 e. The third-order valence-electron chi connectivity index (χ3n) is 4.59. The van der Waals surface area contributed by atoms with Crippen molar-refractivity contribution in [2.24, 2.45) is 0 Å². The van der Waals surface area contributed by atoms with Crippen LogP contribution in [0.2, 0.25) is 0 Å². The van der Waals surface area contributed by atoms with Crippen LogP contribution in [0.4, 0.5) is 24.7 Å². The number of nitrogens with zero attached hydrogens (tertiary/aromatic N) is 1. The fourth-order valence-electron chi connectivity index (χ4n) is 3.09. The summed E-state index contributed by atoms with van der Waals surface area (Å²) in [6, 6.07) is 14.8. The summed E-state index contributed by atoms with van der Waals surface area (Å²) in [5, 5.41) is 3.81. The molecule has 0 aliphatic carbocycles. The minimum Gasteiger partial charge on any atom is -0.354 e. The van der Waals surface area contributed by atoms with E-state index >= 15 is 0 Å². The summed E-state index contributed by atoms with van der Waals surface area (Å²) in [6.07, 6.45) is -1.72. The molecule has 2 N–H and O–H groups in total. The van der Waals surface area contributed by atoms with Crippen LogP contribution in [-0.4, -0.2) is 24.6 Å². The molecular weight excluding hydrogens is 415 g/mol. The highest BCUT2D eigenvalue weighted by Crippen LogP contribution is 2.34. The van der Waals surface area contributed by atoms with E-state index in [1.54, 1.807) is 36.5 Å². The number of fused-ring (bicyclic) bond motifs is 1. The zero-order chi connectivity index (χ0) is 21.5. The largest absolute Gasteiger partial charge is 0.416 e. The van der Waals surface area contributed by atoms with Crippen molar-refractivity contribution in [2.45, 2.75) is 11.1 Å². The molecule has 0 aliphatic heterocycles. The average Bonchev–Trinajstić information content (AvgIpc) is 3.13. The standard InChI is InChI=1S/C21H16F3N3O2S/c1-30(28,29)16-7-5-15(6-8-16)26-20-17-12-19(27-18(17)9-10-25-20)13-3-2-4-14(11-13)21(22,23)24/h2-12,27H,1H3,(H,25,26). The molecule has 0 saturated heterocycles. The fourth-order valence-corrected chi connectivity index (χ4v) is 3.72. The van der Waals surface area contributed by atoms with Crippen molar-refractivity contribution in [3.63, 3.8) is 0 Å². The monoisotopic (exact) mass is 431 g/mol. The van der Waals surface area contributed by atoms with Crippen LogP contribution in [0.15, 0.2) is 71.8 Å². The van der Waals surface area contributed by atoms with Gasteiger partial charge in [0.15, 0.2) is 9.84 Å². The molecule has 0 saturated carbocycles. The number of rotatable bonds is 4. The number of aromatic amines is 1. The number of pyridine rings is 1. The molecule has 0 spiro atoms. The maximum absolute atomic E-state index is 13.0. The van der Waals surface area contributed by atoms with Crippen molar-refractivity contribution < 1.29 is 21.6 Å². The Morgan fingerprint density at radius 3 is 2.40 bits per heavy atom. The Morgan fingerprint density at radius 2 is 1.73 bits per heavy atom. The summed E-state index contributed by atoms with van der Waals surface area (Å²) in [4.78, 5) is 7.63. The number of hydrogen-bond acceptors (Lipinski definition) is 4. The Kier molecular flexibility index (Phi) is 4.77. The van der Waals surface area contributed by atoms with Gasteiger partial charge in [-0.1, -0.05) is 12.1 Å². The van der Waals surface area contributed by atoms with Gasteiger partial charge in [0.25, 0.3) is 0 Å². The van der Waals surface area contributed by atoms with Crippen LogP contribution < -0.4 is 5.32 Å². The molecule has 2 heterocycles. The topological polar surface area (TPSA) is 74.8 Å². The van der Waals surface area contributed by atoms with E-state index in [0.29, 0.717) is 33.7 Å². The van der Waals surface area contributed by atoms with Gasteiger partial charge in [0.2, 0.25) is 0 Å². The molecule has 4 aromatic rings. The number of hydrogen-bond donors (Lipinski definition) is 2. The highest BCUT2D eigenvalue weighted by Gasteiger charge is 2.30. The maximum Gasteiger partial charge on any atom is 0.416 e. The fraction of sp³-hybridized carbons (Fsp3) is 0.0952. The van der Waals surface area contributed by atoms with Gasteiger partial charge in [-0.15, -0.1) is 0 Å². The third-order valence-corrected chi connectivity index (χ3v) is 5.72. The minimum absolute atomic E-state index is 0.202. The molecule has 0 amide bonds. The highest BCUT2D eigenvalue weighted by atomic mass is 32.2. The van der Waals surface area contributed by atoms with Gasteiger partial charge in [0, 0.05) is 29.2 Å². The van der Waals surface area contributed by atoms with Crippen molar-refractivity contribution in [1.82, 2.24) is 9.97 Å². The number of halogens is 3. The molecule has 0 atom stereocenters. The lowest BCUT2D eigenvalue weighted by atomic mass is 10.1. The quantitative estimate of drug-likeness (QED) is 0.454. The van der Waals surface area contributed by atoms with Crippen LogP contribution in [0.1, 0.15) is 5.56 Å². The number of benzene rings is 2. The molecular formula is C21H16F3N3O2S. The SMILES string of the molecule is CS(=O)(=O)c1ccc(Nc2nccc3[nH]c(-c4cccc(C(F)(F)F)c4)cc23)cc1. The van der Waals surface area contributed by atoms with Crippen LogP contribution in [0, 0.1) is 0 Å². The molecule has 154 valence electrons. The van der Waals surface area contributed by atoms with Crippen molar-refractivity contribution in [3.8, 4) is 11.3 Å². The predicted molar refractivity (Wildman–Crippen MR) is 109 cm³/mol. The van der Waals surface area contributed by atoms with E-state index in [1.807, 2.05) is 0 Å². The van der Waals surface area contributed by atoms with Crippen molar-refractivity contribution in [1.29, 1.82) is 0 Å². The third kappa shape index (κ3) is 4.02. The summed E-state index contributed by atoms with van der Waals surface area (Å²) in [5.41, 5.74) is 1.54. The molecule has 0 aliphatic rings. The summed E-state index contributed by atoms with van der Waals surface area (Å²) >= 11 is 0. The average molecular weight is 431 g/mol. The number of sulfone groups is 1. The number of nitrogens with one attached hydrogen (secondary N) is 2. The van der Waals surface area contributed by atoms with Gasteiger partial charge in [0.1, 0.15) is 5.82 Å². The van der Waals surface area contributed by atoms with Gasteiger partial charge >= 0.3 is 6.18 Å². The van der Waals surface area contributed by atoms with Gasteiger partial charge in [-0.05, 0) is 54.1 Å². The van der Waals surface area contributed by atoms with Gasteiger partial charge in [0.05, 0.1) is 16.0 Å².